The second-order valence-electron chi connectivity index (χ2n) is 3.39. The van der Waals surface area contributed by atoms with Gasteiger partial charge in [-0.25, -0.2) is 0 Å². The van der Waals surface area contributed by atoms with Gasteiger partial charge < -0.3 is 4.90 Å². The highest BCUT2D eigenvalue weighted by molar-refractivity contribution is 5.91. The fraction of sp³-hybridized carbons (Fsp3) is 0.636. The van der Waals surface area contributed by atoms with Gasteiger partial charge >= 0.3 is 0 Å². The van der Waals surface area contributed by atoms with Crippen molar-refractivity contribution in [2.45, 2.75) is 32.6 Å². The first-order chi connectivity index (χ1) is 6.61. The zero-order chi connectivity index (χ0) is 11.0. The van der Waals surface area contributed by atoms with E-state index in [1.165, 1.54) is 11.0 Å². The van der Waals surface area contributed by atoms with Gasteiger partial charge in [0.2, 0.25) is 5.91 Å². The summed E-state index contributed by atoms with van der Waals surface area (Å²) in [6, 6.07) is 0. The molecule has 0 fully saturated rings. The van der Waals surface area contributed by atoms with Crippen molar-refractivity contribution in [3.05, 3.63) is 12.7 Å². The third kappa shape index (κ3) is 5.51. The largest absolute Gasteiger partial charge is 0.335 e. The molecule has 0 radical (unpaired) electrons. The quantitative estimate of drug-likeness (QED) is 0.461. The maximum absolute atomic E-state index is 11.3. The van der Waals surface area contributed by atoms with Crippen LogP contribution < -0.4 is 0 Å². The highest BCUT2D eigenvalue weighted by atomic mass is 16.2. The SMILES string of the molecule is C=CC(=O)N(C)CC(=O)CCCCC. The van der Waals surface area contributed by atoms with Crippen LogP contribution in [-0.2, 0) is 9.59 Å². The standard InChI is InChI=1S/C11H19NO2/c1-4-6-7-8-10(13)9-12(3)11(14)5-2/h5H,2,4,6-9H2,1,3H3. The summed E-state index contributed by atoms with van der Waals surface area (Å²) in [6.45, 7) is 5.66. The molecule has 0 saturated heterocycles. The van der Waals surface area contributed by atoms with Crippen LogP contribution in [-0.4, -0.2) is 30.2 Å². The third-order valence-corrected chi connectivity index (χ3v) is 2.02. The maximum atomic E-state index is 11.3. The van der Waals surface area contributed by atoms with Crippen LogP contribution in [0.4, 0.5) is 0 Å². The molecule has 0 rings (SSSR count). The van der Waals surface area contributed by atoms with E-state index in [9.17, 15) is 9.59 Å². The van der Waals surface area contributed by atoms with Crippen LogP contribution in [0.2, 0.25) is 0 Å². The summed E-state index contributed by atoms with van der Waals surface area (Å²) >= 11 is 0. The first-order valence-corrected chi connectivity index (χ1v) is 5.01. The number of amides is 1. The number of Topliss-reactive ketones (excluding diaryl/α,β-unsaturated/α-hetero) is 1. The van der Waals surface area contributed by atoms with Gasteiger partial charge in [0.15, 0.2) is 5.78 Å². The molecule has 0 aromatic rings. The lowest BCUT2D eigenvalue weighted by Gasteiger charge is -2.13. The Hall–Kier alpha value is -1.12. The summed E-state index contributed by atoms with van der Waals surface area (Å²) < 4.78 is 0. The number of rotatable bonds is 7. The molecule has 0 N–H and O–H groups in total. The minimum atomic E-state index is -0.200. The Morgan fingerprint density at radius 2 is 2.00 bits per heavy atom. The molecule has 0 saturated carbocycles. The van der Waals surface area contributed by atoms with Crippen molar-refractivity contribution >= 4 is 11.7 Å². The molecule has 0 aliphatic carbocycles. The van der Waals surface area contributed by atoms with Crippen molar-refractivity contribution in [1.82, 2.24) is 4.90 Å². The normalized spacial score (nSPS) is 9.57. The van der Waals surface area contributed by atoms with Crippen LogP contribution >= 0.6 is 0 Å². The minimum absolute atomic E-state index is 0.121. The zero-order valence-corrected chi connectivity index (χ0v) is 9.08. The molecule has 0 aromatic heterocycles. The fourth-order valence-electron chi connectivity index (χ4n) is 1.15. The summed E-state index contributed by atoms with van der Waals surface area (Å²) in [7, 11) is 1.61. The van der Waals surface area contributed by atoms with Gasteiger partial charge in [-0.1, -0.05) is 26.3 Å². The van der Waals surface area contributed by atoms with Gasteiger partial charge in [0.1, 0.15) is 0 Å². The van der Waals surface area contributed by atoms with E-state index in [0.717, 1.165) is 19.3 Å². The number of hydrogen-bond donors (Lipinski definition) is 0. The van der Waals surface area contributed by atoms with Gasteiger partial charge in [-0.05, 0) is 12.5 Å². The van der Waals surface area contributed by atoms with E-state index >= 15 is 0 Å². The van der Waals surface area contributed by atoms with E-state index in [2.05, 4.69) is 13.5 Å². The summed E-state index contributed by atoms with van der Waals surface area (Å²) in [5, 5.41) is 0. The second-order valence-corrected chi connectivity index (χ2v) is 3.39. The molecule has 0 heterocycles. The zero-order valence-electron chi connectivity index (χ0n) is 9.08. The van der Waals surface area contributed by atoms with Crippen molar-refractivity contribution in [3.63, 3.8) is 0 Å². The number of ketones is 1. The van der Waals surface area contributed by atoms with Crippen molar-refractivity contribution in [3.8, 4) is 0 Å². The van der Waals surface area contributed by atoms with Crippen molar-refractivity contribution in [2.75, 3.05) is 13.6 Å². The van der Waals surface area contributed by atoms with Gasteiger partial charge in [-0.2, -0.15) is 0 Å². The molecule has 0 spiro atoms. The lowest BCUT2D eigenvalue weighted by Crippen LogP contribution is -2.30. The third-order valence-electron chi connectivity index (χ3n) is 2.02. The number of unbranched alkanes of at least 4 members (excludes halogenated alkanes) is 2. The van der Waals surface area contributed by atoms with Crippen molar-refractivity contribution in [2.24, 2.45) is 0 Å². The number of carbonyl (C=O) groups is 2. The molecule has 3 heteroatoms. The van der Waals surface area contributed by atoms with Gasteiger partial charge in [-0.3, -0.25) is 9.59 Å². The number of nitrogens with zero attached hydrogens (tertiary/aromatic N) is 1. The molecular formula is C11H19NO2. The van der Waals surface area contributed by atoms with Crippen LogP contribution in [0, 0.1) is 0 Å². The highest BCUT2D eigenvalue weighted by Gasteiger charge is 2.09. The molecule has 0 aromatic carbocycles. The Labute approximate surface area is 85.8 Å². The first-order valence-electron chi connectivity index (χ1n) is 5.01. The predicted molar refractivity (Wildman–Crippen MR) is 57.0 cm³/mol. The Morgan fingerprint density at radius 1 is 1.36 bits per heavy atom. The van der Waals surface area contributed by atoms with E-state index in [0.29, 0.717) is 6.42 Å². The Bertz CT molecular complexity index is 211. The lowest BCUT2D eigenvalue weighted by atomic mass is 10.1. The van der Waals surface area contributed by atoms with E-state index in [-0.39, 0.29) is 18.2 Å². The molecule has 0 atom stereocenters. The van der Waals surface area contributed by atoms with Gasteiger partial charge in [0, 0.05) is 13.5 Å². The van der Waals surface area contributed by atoms with E-state index < -0.39 is 0 Å². The molecule has 1 amide bonds. The molecule has 0 bridgehead atoms. The summed E-state index contributed by atoms with van der Waals surface area (Å²) in [4.78, 5) is 23.7. The monoisotopic (exact) mass is 197 g/mol. The molecular weight excluding hydrogens is 178 g/mol. The lowest BCUT2D eigenvalue weighted by molar-refractivity contribution is -0.130. The van der Waals surface area contributed by atoms with Gasteiger partial charge in [0.25, 0.3) is 0 Å². The molecule has 3 nitrogen and oxygen atoms in total. The summed E-state index contributed by atoms with van der Waals surface area (Å²) in [5.74, 6) is -0.0787. The molecule has 0 aliphatic rings. The Morgan fingerprint density at radius 3 is 2.50 bits per heavy atom. The van der Waals surface area contributed by atoms with Crippen LogP contribution in [0.5, 0.6) is 0 Å². The van der Waals surface area contributed by atoms with Gasteiger partial charge in [-0.15, -0.1) is 0 Å². The minimum Gasteiger partial charge on any atom is -0.335 e. The topological polar surface area (TPSA) is 37.4 Å². The Kier molecular flexibility index (Phi) is 6.72. The number of carbonyl (C=O) groups excluding carboxylic acids is 2. The molecule has 14 heavy (non-hydrogen) atoms. The average Bonchev–Trinajstić information content (AvgIpc) is 2.16. The van der Waals surface area contributed by atoms with E-state index in [4.69, 9.17) is 0 Å². The molecule has 0 unspecified atom stereocenters. The maximum Gasteiger partial charge on any atom is 0.246 e. The van der Waals surface area contributed by atoms with Crippen LogP contribution in [0.3, 0.4) is 0 Å². The fourth-order valence-corrected chi connectivity index (χ4v) is 1.15. The van der Waals surface area contributed by atoms with Crippen LogP contribution in [0.1, 0.15) is 32.6 Å². The summed E-state index contributed by atoms with van der Waals surface area (Å²) in [5.41, 5.74) is 0. The molecule has 0 aliphatic heterocycles. The van der Waals surface area contributed by atoms with E-state index in [1.807, 2.05) is 0 Å². The van der Waals surface area contributed by atoms with Crippen molar-refractivity contribution in [1.29, 1.82) is 0 Å². The number of hydrogen-bond acceptors (Lipinski definition) is 2. The average molecular weight is 197 g/mol. The van der Waals surface area contributed by atoms with Gasteiger partial charge in [0.05, 0.1) is 6.54 Å². The second kappa shape index (κ2) is 7.30. The highest BCUT2D eigenvalue weighted by Crippen LogP contribution is 2.00. The first kappa shape index (κ1) is 12.9. The number of likely N-dealkylation sites (N-methyl/N-ethyl adjacent to an activating group) is 1. The molecule has 80 valence electrons. The van der Waals surface area contributed by atoms with Crippen LogP contribution in [0.15, 0.2) is 12.7 Å². The summed E-state index contributed by atoms with van der Waals surface area (Å²) in [6.07, 6.45) is 4.90. The predicted octanol–water partition coefficient (Wildman–Crippen LogP) is 1.78. The smallest absolute Gasteiger partial charge is 0.246 e. The van der Waals surface area contributed by atoms with Crippen molar-refractivity contribution < 1.29 is 9.59 Å². The van der Waals surface area contributed by atoms with E-state index in [1.54, 1.807) is 7.05 Å². The van der Waals surface area contributed by atoms with Crippen LogP contribution in [0.25, 0.3) is 0 Å². The Balaban J connectivity index is 3.71.